The van der Waals surface area contributed by atoms with Gasteiger partial charge in [0.2, 0.25) is 5.91 Å². The third-order valence-electron chi connectivity index (χ3n) is 4.30. The largest absolute Gasteiger partial charge is 0.483 e. The minimum atomic E-state index is -0.286. The lowest BCUT2D eigenvalue weighted by Crippen LogP contribution is -2.15. The fraction of sp³-hybridized carbons (Fsp3) is 0.333. The molecule has 0 fully saturated rings. The van der Waals surface area contributed by atoms with Crippen LogP contribution >= 0.6 is 23.1 Å². The molecule has 0 radical (unpaired) electrons. The number of benzene rings is 1. The molecule has 1 unspecified atom stereocenters. The third-order valence-corrected chi connectivity index (χ3v) is 6.10. The zero-order valence-electron chi connectivity index (χ0n) is 17.3. The summed E-state index contributed by atoms with van der Waals surface area (Å²) in [4.78, 5) is 12.3. The number of amides is 1. The lowest BCUT2D eigenvalue weighted by atomic mass is 10.1. The lowest BCUT2D eigenvalue weighted by molar-refractivity contribution is -0.113. The number of carbonyl (C=O) groups is 1. The van der Waals surface area contributed by atoms with Gasteiger partial charge in [-0.1, -0.05) is 17.8 Å². The Morgan fingerprint density at radius 1 is 1.33 bits per heavy atom. The summed E-state index contributed by atoms with van der Waals surface area (Å²) in [5, 5.41) is 23.4. The van der Waals surface area contributed by atoms with Crippen molar-refractivity contribution in [3.63, 3.8) is 0 Å². The van der Waals surface area contributed by atoms with Crippen LogP contribution in [0.25, 0.3) is 0 Å². The van der Waals surface area contributed by atoms with Crippen molar-refractivity contribution in [2.75, 3.05) is 11.1 Å². The molecule has 3 rings (SSSR count). The van der Waals surface area contributed by atoms with Crippen molar-refractivity contribution in [2.45, 2.75) is 45.5 Å². The highest BCUT2D eigenvalue weighted by Gasteiger charge is 2.20. The van der Waals surface area contributed by atoms with Crippen LogP contribution in [-0.2, 0) is 11.3 Å². The molecule has 1 N–H and O–H groups in total. The van der Waals surface area contributed by atoms with E-state index >= 15 is 0 Å². The van der Waals surface area contributed by atoms with Gasteiger partial charge in [-0.05, 0) is 62.4 Å². The van der Waals surface area contributed by atoms with E-state index in [-0.39, 0.29) is 17.8 Å². The monoisotopic (exact) mass is 441 g/mol. The molecule has 7 nitrogen and oxygen atoms in total. The van der Waals surface area contributed by atoms with E-state index in [2.05, 4.69) is 27.6 Å². The van der Waals surface area contributed by atoms with Gasteiger partial charge in [0, 0.05) is 6.54 Å². The topological polar surface area (TPSA) is 92.8 Å². The number of hydrogen-bond acceptors (Lipinski definition) is 7. The molecule has 3 aromatic rings. The zero-order chi connectivity index (χ0) is 21.7. The molecule has 30 heavy (non-hydrogen) atoms. The molecule has 2 heterocycles. The lowest BCUT2D eigenvalue weighted by Gasteiger charge is -2.16. The summed E-state index contributed by atoms with van der Waals surface area (Å²) < 4.78 is 8.05. The number of hydrogen-bond donors (Lipinski definition) is 1. The highest BCUT2D eigenvalue weighted by Crippen LogP contribution is 2.27. The van der Waals surface area contributed by atoms with E-state index in [0.717, 1.165) is 16.9 Å². The predicted octanol–water partition coefficient (Wildman–Crippen LogP) is 4.72. The number of ether oxygens (including phenoxy) is 1. The van der Waals surface area contributed by atoms with Gasteiger partial charge in [0.1, 0.15) is 16.8 Å². The minimum absolute atomic E-state index is 0.174. The first-order valence-electron chi connectivity index (χ1n) is 9.49. The smallest absolute Gasteiger partial charge is 0.235 e. The SMILES string of the molecule is CCn1c(SCC(=O)Nc2sccc2C#N)nnc1C(C)Oc1cc(C)cc(C)c1. The Kier molecular flexibility index (Phi) is 7.13. The van der Waals surface area contributed by atoms with Crippen LogP contribution in [0, 0.1) is 25.2 Å². The Labute approximate surface area is 184 Å². The van der Waals surface area contributed by atoms with Gasteiger partial charge in [-0.25, -0.2) is 0 Å². The van der Waals surface area contributed by atoms with Gasteiger partial charge in [0.25, 0.3) is 0 Å². The minimum Gasteiger partial charge on any atom is -0.483 e. The second kappa shape index (κ2) is 9.78. The molecular formula is C21H23N5O2S2. The van der Waals surface area contributed by atoms with Crippen LogP contribution in [0.1, 0.15) is 42.5 Å². The maximum absolute atomic E-state index is 12.3. The number of nitrogens with one attached hydrogen (secondary N) is 1. The van der Waals surface area contributed by atoms with Gasteiger partial charge < -0.3 is 14.6 Å². The molecular weight excluding hydrogens is 418 g/mol. The molecule has 0 saturated heterocycles. The fourth-order valence-corrected chi connectivity index (χ4v) is 4.61. The van der Waals surface area contributed by atoms with Crippen LogP contribution in [0.4, 0.5) is 5.00 Å². The molecule has 0 spiro atoms. The van der Waals surface area contributed by atoms with Crippen molar-refractivity contribution in [3.8, 4) is 11.8 Å². The van der Waals surface area contributed by atoms with Gasteiger partial charge >= 0.3 is 0 Å². The van der Waals surface area contributed by atoms with Gasteiger partial charge in [0.15, 0.2) is 17.1 Å². The molecule has 0 bridgehead atoms. The number of aromatic nitrogens is 3. The summed E-state index contributed by atoms with van der Waals surface area (Å²) >= 11 is 2.64. The number of nitriles is 1. The molecule has 156 valence electrons. The van der Waals surface area contributed by atoms with Crippen molar-refractivity contribution in [3.05, 3.63) is 52.2 Å². The van der Waals surface area contributed by atoms with E-state index in [4.69, 9.17) is 10.00 Å². The molecule has 1 aromatic carbocycles. The second-order valence-electron chi connectivity index (χ2n) is 6.78. The summed E-state index contributed by atoms with van der Waals surface area (Å²) in [6.07, 6.45) is -0.286. The summed E-state index contributed by atoms with van der Waals surface area (Å²) in [6.45, 7) is 8.68. The zero-order valence-corrected chi connectivity index (χ0v) is 18.9. The van der Waals surface area contributed by atoms with Crippen molar-refractivity contribution in [1.29, 1.82) is 5.26 Å². The normalized spacial score (nSPS) is 11.7. The highest BCUT2D eigenvalue weighted by molar-refractivity contribution is 7.99. The Morgan fingerprint density at radius 3 is 2.73 bits per heavy atom. The van der Waals surface area contributed by atoms with Crippen molar-refractivity contribution >= 4 is 34.0 Å². The molecule has 0 aliphatic heterocycles. The summed E-state index contributed by atoms with van der Waals surface area (Å²) in [6, 6.07) is 9.84. The fourth-order valence-electron chi connectivity index (χ4n) is 3.05. The number of anilines is 1. The predicted molar refractivity (Wildman–Crippen MR) is 119 cm³/mol. The molecule has 9 heteroatoms. The van der Waals surface area contributed by atoms with Crippen molar-refractivity contribution < 1.29 is 9.53 Å². The van der Waals surface area contributed by atoms with E-state index in [9.17, 15) is 4.79 Å². The second-order valence-corrected chi connectivity index (χ2v) is 8.64. The van der Waals surface area contributed by atoms with E-state index in [1.807, 2.05) is 44.4 Å². The number of thiophene rings is 1. The molecule has 0 aliphatic rings. The molecule has 1 amide bonds. The van der Waals surface area contributed by atoms with Gasteiger partial charge in [-0.15, -0.1) is 21.5 Å². The summed E-state index contributed by atoms with van der Waals surface area (Å²) in [7, 11) is 0. The van der Waals surface area contributed by atoms with E-state index in [1.54, 1.807) is 11.4 Å². The number of nitrogens with zero attached hydrogens (tertiary/aromatic N) is 4. The van der Waals surface area contributed by atoms with Crippen molar-refractivity contribution in [1.82, 2.24) is 14.8 Å². The first-order valence-corrected chi connectivity index (χ1v) is 11.4. The van der Waals surface area contributed by atoms with Gasteiger partial charge in [0.05, 0.1) is 11.3 Å². The Hall–Kier alpha value is -2.83. The molecule has 0 aliphatic carbocycles. The summed E-state index contributed by atoms with van der Waals surface area (Å²) in [5.74, 6) is 1.49. The van der Waals surface area contributed by atoms with Crippen LogP contribution in [0.15, 0.2) is 34.8 Å². The van der Waals surface area contributed by atoms with Crippen LogP contribution in [0.5, 0.6) is 5.75 Å². The average molecular weight is 442 g/mol. The van der Waals surface area contributed by atoms with E-state index < -0.39 is 0 Å². The van der Waals surface area contributed by atoms with Crippen LogP contribution < -0.4 is 10.1 Å². The Balaban J connectivity index is 1.66. The number of carbonyl (C=O) groups excluding carboxylic acids is 1. The Bertz CT molecular complexity index is 1060. The third kappa shape index (κ3) is 5.20. The highest BCUT2D eigenvalue weighted by atomic mass is 32.2. The van der Waals surface area contributed by atoms with Gasteiger partial charge in [-0.2, -0.15) is 5.26 Å². The first kappa shape index (κ1) is 21.9. The molecule has 2 aromatic heterocycles. The van der Waals surface area contributed by atoms with E-state index in [1.165, 1.54) is 23.1 Å². The maximum atomic E-state index is 12.3. The summed E-state index contributed by atoms with van der Waals surface area (Å²) in [5.41, 5.74) is 2.75. The standard InChI is InChI=1S/C21H23N5O2S2/c1-5-26-19(15(4)28-17-9-13(2)8-14(3)10-17)24-25-21(26)30-12-18(27)23-20-16(11-22)6-7-29-20/h6-10,15H,5,12H2,1-4H3,(H,23,27). The number of rotatable bonds is 8. The van der Waals surface area contributed by atoms with Crippen LogP contribution in [0.2, 0.25) is 0 Å². The van der Waals surface area contributed by atoms with Gasteiger partial charge in [-0.3, -0.25) is 4.79 Å². The Morgan fingerprint density at radius 2 is 2.07 bits per heavy atom. The quantitative estimate of drug-likeness (QED) is 0.509. The van der Waals surface area contributed by atoms with E-state index in [0.29, 0.717) is 28.1 Å². The molecule has 0 saturated carbocycles. The number of aryl methyl sites for hydroxylation is 2. The van der Waals surface area contributed by atoms with Crippen LogP contribution in [-0.4, -0.2) is 26.4 Å². The first-order chi connectivity index (χ1) is 14.4. The van der Waals surface area contributed by atoms with Crippen molar-refractivity contribution in [2.24, 2.45) is 0 Å². The molecule has 1 atom stereocenters. The van der Waals surface area contributed by atoms with Crippen LogP contribution in [0.3, 0.4) is 0 Å². The maximum Gasteiger partial charge on any atom is 0.235 e. The number of thioether (sulfide) groups is 1. The average Bonchev–Trinajstić information content (AvgIpc) is 3.31.